The summed E-state index contributed by atoms with van der Waals surface area (Å²) in [5.41, 5.74) is 6.61. The summed E-state index contributed by atoms with van der Waals surface area (Å²) in [4.78, 5) is 0. The van der Waals surface area contributed by atoms with E-state index >= 15 is 0 Å². The number of para-hydroxylation sites is 5. The molecular formula is C31H30N2OSi. The molecule has 0 radical (unpaired) electrons. The molecule has 3 aliphatic rings. The van der Waals surface area contributed by atoms with Crippen LogP contribution in [0.1, 0.15) is 18.1 Å². The number of furan rings is 1. The van der Waals surface area contributed by atoms with Gasteiger partial charge in [-0.1, -0.05) is 79.9 Å². The van der Waals surface area contributed by atoms with Gasteiger partial charge in [-0.05, 0) is 60.2 Å². The quantitative estimate of drug-likeness (QED) is 0.301. The van der Waals surface area contributed by atoms with Crippen LogP contribution in [0.2, 0.25) is 18.6 Å². The predicted molar refractivity (Wildman–Crippen MR) is 148 cm³/mol. The van der Waals surface area contributed by atoms with Crippen molar-refractivity contribution in [2.75, 3.05) is 9.88 Å². The van der Waals surface area contributed by atoms with Crippen LogP contribution in [0.15, 0.2) is 108 Å². The summed E-state index contributed by atoms with van der Waals surface area (Å²) >= 11 is 0. The topological polar surface area (TPSA) is 28.4 Å². The number of nitrogens with one attached hydrogen (secondary N) is 1. The molecule has 3 aromatic carbocycles. The van der Waals surface area contributed by atoms with E-state index < -0.39 is 8.24 Å². The highest BCUT2D eigenvalue weighted by molar-refractivity contribution is 6.84. The molecule has 0 saturated heterocycles. The minimum Gasteiger partial charge on any atom is -0.461 e. The Bertz CT molecular complexity index is 1400. The molecule has 2 aliphatic carbocycles. The van der Waals surface area contributed by atoms with Gasteiger partial charge in [0.05, 0.1) is 22.7 Å². The van der Waals surface area contributed by atoms with E-state index in [2.05, 4.69) is 126 Å². The first kappa shape index (κ1) is 20.8. The van der Waals surface area contributed by atoms with Crippen LogP contribution in [0, 0.1) is 11.8 Å². The van der Waals surface area contributed by atoms with Crippen molar-refractivity contribution >= 4 is 42.0 Å². The fourth-order valence-corrected chi connectivity index (χ4v) is 11.0. The van der Waals surface area contributed by atoms with Crippen molar-refractivity contribution in [3.8, 4) is 0 Å². The van der Waals surface area contributed by atoms with Crippen LogP contribution in [0.25, 0.3) is 11.0 Å². The Labute approximate surface area is 207 Å². The molecule has 1 saturated carbocycles. The Morgan fingerprint density at radius 3 is 2.14 bits per heavy atom. The Kier molecular flexibility index (Phi) is 4.62. The van der Waals surface area contributed by atoms with E-state index in [0.717, 1.165) is 17.8 Å². The molecule has 1 N–H and O–H groups in total. The zero-order valence-corrected chi connectivity index (χ0v) is 21.2. The first-order valence-electron chi connectivity index (χ1n) is 12.7. The van der Waals surface area contributed by atoms with E-state index in [9.17, 15) is 0 Å². The highest BCUT2D eigenvalue weighted by Crippen LogP contribution is 2.59. The summed E-state index contributed by atoms with van der Waals surface area (Å²) in [6.07, 6.45) is 10.6. The molecule has 1 fully saturated rings. The normalized spacial score (nSPS) is 24.7. The van der Waals surface area contributed by atoms with Crippen molar-refractivity contribution < 1.29 is 4.42 Å². The van der Waals surface area contributed by atoms with Crippen LogP contribution in [-0.2, 0) is 0 Å². The maximum atomic E-state index is 6.45. The minimum atomic E-state index is -2.03. The second-order valence-corrected chi connectivity index (χ2v) is 15.2. The fraction of sp³-hybridized carbons (Fsp3) is 0.226. The zero-order valence-electron chi connectivity index (χ0n) is 20.2. The maximum absolute atomic E-state index is 6.45. The lowest BCUT2D eigenvalue weighted by atomic mass is 9.85. The highest BCUT2D eigenvalue weighted by Gasteiger charge is 2.53. The van der Waals surface area contributed by atoms with Crippen LogP contribution in [0.5, 0.6) is 0 Å². The molecule has 174 valence electrons. The Balaban J connectivity index is 1.33. The summed E-state index contributed by atoms with van der Waals surface area (Å²) in [6, 6.07) is 28.3. The molecule has 7 rings (SSSR count). The molecule has 1 aliphatic heterocycles. The van der Waals surface area contributed by atoms with Crippen molar-refractivity contribution in [2.45, 2.75) is 31.0 Å². The maximum Gasteiger partial charge on any atom is 0.160 e. The molecule has 3 nitrogen and oxygen atoms in total. The summed E-state index contributed by atoms with van der Waals surface area (Å²) in [6.45, 7) is 5.14. The zero-order chi connectivity index (χ0) is 23.6. The number of benzene rings is 3. The molecule has 35 heavy (non-hydrogen) atoms. The second kappa shape index (κ2) is 7.75. The average Bonchev–Trinajstić information content (AvgIpc) is 3.49. The van der Waals surface area contributed by atoms with Crippen LogP contribution in [0.3, 0.4) is 0 Å². The number of hydrogen-bond acceptors (Lipinski definition) is 3. The smallest absolute Gasteiger partial charge is 0.160 e. The summed E-state index contributed by atoms with van der Waals surface area (Å²) in [5, 5.41) is 4.89. The SMILES string of the molecule is C[Si](C)(C1C[C@H](c2cc3ccccc3o2)[C@@H]2C=CC=C[C@H]12)N1c2ccccc2Nc2ccccc21. The Hall–Kier alpha value is -3.50. The van der Waals surface area contributed by atoms with Crippen molar-refractivity contribution in [2.24, 2.45) is 11.8 Å². The van der Waals surface area contributed by atoms with E-state index in [0.29, 0.717) is 23.3 Å². The van der Waals surface area contributed by atoms with Crippen molar-refractivity contribution in [3.63, 3.8) is 0 Å². The number of hydrogen-bond donors (Lipinski definition) is 1. The van der Waals surface area contributed by atoms with Crippen molar-refractivity contribution in [1.29, 1.82) is 0 Å². The van der Waals surface area contributed by atoms with Crippen LogP contribution in [-0.4, -0.2) is 8.24 Å². The summed E-state index contributed by atoms with van der Waals surface area (Å²) in [5.74, 6) is 2.55. The number of nitrogens with zero attached hydrogens (tertiary/aromatic N) is 1. The van der Waals surface area contributed by atoms with Gasteiger partial charge in [-0.15, -0.1) is 0 Å². The van der Waals surface area contributed by atoms with Gasteiger partial charge in [0.15, 0.2) is 8.24 Å². The van der Waals surface area contributed by atoms with Crippen LogP contribution in [0.4, 0.5) is 22.7 Å². The van der Waals surface area contributed by atoms with Gasteiger partial charge in [0.2, 0.25) is 0 Å². The second-order valence-electron chi connectivity index (χ2n) is 10.7. The molecule has 0 amide bonds. The molecule has 4 atom stereocenters. The fourth-order valence-electron chi connectivity index (χ4n) is 6.89. The minimum absolute atomic E-state index is 0.402. The Morgan fingerprint density at radius 1 is 0.800 bits per heavy atom. The molecule has 0 spiro atoms. The number of rotatable bonds is 3. The predicted octanol–water partition coefficient (Wildman–Crippen LogP) is 8.75. The molecule has 0 bridgehead atoms. The monoisotopic (exact) mass is 474 g/mol. The highest BCUT2D eigenvalue weighted by atomic mass is 28.3. The molecule has 1 unspecified atom stereocenters. The lowest BCUT2D eigenvalue weighted by Crippen LogP contribution is -2.52. The first-order chi connectivity index (χ1) is 17.1. The van der Waals surface area contributed by atoms with Gasteiger partial charge in [0.25, 0.3) is 0 Å². The van der Waals surface area contributed by atoms with Gasteiger partial charge in [-0.25, -0.2) is 0 Å². The summed E-state index contributed by atoms with van der Waals surface area (Å²) < 4.78 is 9.18. The van der Waals surface area contributed by atoms with E-state index in [1.165, 1.54) is 28.1 Å². The average molecular weight is 475 g/mol. The molecule has 2 heterocycles. The van der Waals surface area contributed by atoms with Crippen molar-refractivity contribution in [1.82, 2.24) is 0 Å². The lowest BCUT2D eigenvalue weighted by molar-refractivity contribution is 0.430. The molecule has 1 aromatic heterocycles. The van der Waals surface area contributed by atoms with Crippen molar-refractivity contribution in [3.05, 3.63) is 109 Å². The number of anilines is 4. The molecule has 4 aromatic rings. The standard InChI is InChI=1S/C31H30N2OSi/c1-35(2,33-27-16-8-6-14-25(27)32-26-15-7-9-17-28(26)33)31-20-24(22-12-4-5-13-23(22)31)30-19-21-11-3-10-18-29(21)34-30/h3-19,22-24,31-32H,20H2,1-2H3/t22-,23+,24+,31?/m1/s1. The van der Waals surface area contributed by atoms with E-state index in [1.807, 2.05) is 0 Å². The van der Waals surface area contributed by atoms with Gasteiger partial charge >= 0.3 is 0 Å². The van der Waals surface area contributed by atoms with Gasteiger partial charge in [0, 0.05) is 11.3 Å². The van der Waals surface area contributed by atoms with Gasteiger partial charge in [0.1, 0.15) is 11.3 Å². The van der Waals surface area contributed by atoms with Crippen LogP contribution < -0.4 is 9.88 Å². The first-order valence-corrected chi connectivity index (χ1v) is 15.7. The Morgan fingerprint density at radius 2 is 1.43 bits per heavy atom. The lowest BCUT2D eigenvalue weighted by Gasteiger charge is -2.48. The number of allylic oxidation sites excluding steroid dienone is 4. The molecular weight excluding hydrogens is 444 g/mol. The molecule has 4 heteroatoms. The van der Waals surface area contributed by atoms with E-state index in [-0.39, 0.29) is 0 Å². The van der Waals surface area contributed by atoms with Gasteiger partial charge in [-0.3, -0.25) is 0 Å². The largest absolute Gasteiger partial charge is 0.461 e. The van der Waals surface area contributed by atoms with E-state index in [4.69, 9.17) is 4.42 Å². The third-order valence-corrected chi connectivity index (χ3v) is 12.6. The van der Waals surface area contributed by atoms with E-state index in [1.54, 1.807) is 0 Å². The third-order valence-electron chi connectivity index (χ3n) is 8.51. The summed E-state index contributed by atoms with van der Waals surface area (Å²) in [7, 11) is -2.03. The van der Waals surface area contributed by atoms with Gasteiger partial charge < -0.3 is 14.3 Å². The number of fused-ring (bicyclic) bond motifs is 4. The third kappa shape index (κ3) is 3.16. The van der Waals surface area contributed by atoms with Gasteiger partial charge in [-0.2, -0.15) is 0 Å². The van der Waals surface area contributed by atoms with Crippen LogP contribution >= 0.6 is 0 Å².